The van der Waals surface area contributed by atoms with Crippen LogP contribution in [0.15, 0.2) is 0 Å². The number of hydrogen-bond acceptors (Lipinski definition) is 4. The largest absolute Gasteiger partial charge is 0.479 e. The van der Waals surface area contributed by atoms with E-state index in [1.165, 1.54) is 0 Å². The van der Waals surface area contributed by atoms with Crippen molar-refractivity contribution in [2.75, 3.05) is 0 Å². The molecule has 102 valence electrons. The van der Waals surface area contributed by atoms with E-state index in [1.807, 2.05) is 0 Å². The maximum atomic E-state index is 11.9. The van der Waals surface area contributed by atoms with Crippen LogP contribution in [0.1, 0.15) is 38.5 Å². The van der Waals surface area contributed by atoms with Crippen molar-refractivity contribution in [1.29, 1.82) is 0 Å². The zero-order chi connectivity index (χ0) is 13.1. The second-order valence-electron chi connectivity index (χ2n) is 5.04. The molecule has 2 aliphatic rings. The molecular formula is C12H19NO5. The standard InChI is InChI=1S/C12H19NO5/c14-8-3-1-7(2-4-8)13-11(15)9-5-6-10(18-9)12(16)17/h7-10,14H,1-6H2,(H,13,15)(H,16,17). The summed E-state index contributed by atoms with van der Waals surface area (Å²) < 4.78 is 5.19. The molecule has 1 saturated heterocycles. The lowest BCUT2D eigenvalue weighted by atomic mass is 9.93. The Bertz CT molecular complexity index is 324. The van der Waals surface area contributed by atoms with Crippen LogP contribution in [0.4, 0.5) is 0 Å². The molecule has 2 atom stereocenters. The number of hydrogen-bond donors (Lipinski definition) is 3. The van der Waals surface area contributed by atoms with Gasteiger partial charge in [0.25, 0.3) is 0 Å². The van der Waals surface area contributed by atoms with Crippen molar-refractivity contribution in [3.05, 3.63) is 0 Å². The molecule has 0 bridgehead atoms. The summed E-state index contributed by atoms with van der Waals surface area (Å²) >= 11 is 0. The number of rotatable bonds is 3. The summed E-state index contributed by atoms with van der Waals surface area (Å²) in [5.74, 6) is -1.23. The van der Waals surface area contributed by atoms with E-state index in [-0.39, 0.29) is 18.1 Å². The van der Waals surface area contributed by atoms with Crippen molar-refractivity contribution >= 4 is 11.9 Å². The lowest BCUT2D eigenvalue weighted by molar-refractivity contribution is -0.152. The van der Waals surface area contributed by atoms with Crippen LogP contribution in [0.3, 0.4) is 0 Å². The minimum atomic E-state index is -1.01. The van der Waals surface area contributed by atoms with Crippen LogP contribution in [-0.4, -0.2) is 46.4 Å². The molecule has 2 fully saturated rings. The Hall–Kier alpha value is -1.14. The molecule has 1 heterocycles. The highest BCUT2D eigenvalue weighted by molar-refractivity contribution is 5.82. The van der Waals surface area contributed by atoms with Gasteiger partial charge in [-0.1, -0.05) is 0 Å². The number of carbonyl (C=O) groups is 2. The number of amides is 1. The maximum absolute atomic E-state index is 11.9. The first-order chi connectivity index (χ1) is 8.56. The van der Waals surface area contributed by atoms with Crippen LogP contribution in [-0.2, 0) is 14.3 Å². The minimum Gasteiger partial charge on any atom is -0.479 e. The molecule has 3 N–H and O–H groups in total. The van der Waals surface area contributed by atoms with E-state index in [2.05, 4.69) is 5.32 Å². The van der Waals surface area contributed by atoms with Gasteiger partial charge >= 0.3 is 5.97 Å². The lowest BCUT2D eigenvalue weighted by Crippen LogP contribution is -2.43. The van der Waals surface area contributed by atoms with Gasteiger partial charge in [0.2, 0.25) is 5.91 Å². The fraction of sp³-hybridized carbons (Fsp3) is 0.833. The number of aliphatic hydroxyl groups excluding tert-OH is 1. The lowest BCUT2D eigenvalue weighted by Gasteiger charge is -2.27. The Kier molecular flexibility index (Phi) is 4.19. The average molecular weight is 257 g/mol. The molecule has 6 heteroatoms. The Morgan fingerprint density at radius 1 is 1.00 bits per heavy atom. The van der Waals surface area contributed by atoms with Crippen molar-refractivity contribution in [1.82, 2.24) is 5.32 Å². The third kappa shape index (κ3) is 3.20. The zero-order valence-electron chi connectivity index (χ0n) is 10.2. The van der Waals surface area contributed by atoms with Gasteiger partial charge in [-0.15, -0.1) is 0 Å². The van der Waals surface area contributed by atoms with Gasteiger partial charge < -0.3 is 20.3 Å². The number of carbonyl (C=O) groups excluding carboxylic acids is 1. The molecule has 0 aromatic heterocycles. The summed E-state index contributed by atoms with van der Waals surface area (Å²) in [6.07, 6.45) is 2.03. The third-order valence-electron chi connectivity index (χ3n) is 3.63. The number of carboxylic acid groups (broad SMARTS) is 1. The molecule has 2 rings (SSSR count). The SMILES string of the molecule is O=C(O)C1CCC(C(=O)NC2CCC(O)CC2)O1. The molecule has 0 aromatic rings. The van der Waals surface area contributed by atoms with Crippen LogP contribution in [0.2, 0.25) is 0 Å². The topological polar surface area (TPSA) is 95.9 Å². The first-order valence-electron chi connectivity index (χ1n) is 6.43. The smallest absolute Gasteiger partial charge is 0.332 e. The predicted molar refractivity (Wildman–Crippen MR) is 61.9 cm³/mol. The van der Waals surface area contributed by atoms with Crippen LogP contribution in [0.25, 0.3) is 0 Å². The van der Waals surface area contributed by atoms with Gasteiger partial charge in [0.05, 0.1) is 6.10 Å². The zero-order valence-corrected chi connectivity index (χ0v) is 10.2. The molecule has 2 unspecified atom stereocenters. The molecule has 0 radical (unpaired) electrons. The summed E-state index contributed by atoms with van der Waals surface area (Å²) in [5, 5.41) is 21.0. The highest BCUT2D eigenvalue weighted by Crippen LogP contribution is 2.22. The molecule has 18 heavy (non-hydrogen) atoms. The van der Waals surface area contributed by atoms with E-state index >= 15 is 0 Å². The van der Waals surface area contributed by atoms with E-state index in [9.17, 15) is 14.7 Å². The second-order valence-corrected chi connectivity index (χ2v) is 5.04. The number of ether oxygens (including phenoxy) is 1. The van der Waals surface area contributed by atoms with Crippen LogP contribution >= 0.6 is 0 Å². The molecule has 1 amide bonds. The quantitative estimate of drug-likeness (QED) is 0.663. The summed E-state index contributed by atoms with van der Waals surface area (Å²) in [6, 6.07) is 0.0772. The van der Waals surface area contributed by atoms with Crippen molar-refractivity contribution < 1.29 is 24.5 Å². The maximum Gasteiger partial charge on any atom is 0.332 e. The monoisotopic (exact) mass is 257 g/mol. The van der Waals surface area contributed by atoms with Gasteiger partial charge in [-0.2, -0.15) is 0 Å². The Labute approximate surface area is 105 Å². The fourth-order valence-corrected chi connectivity index (χ4v) is 2.53. The van der Waals surface area contributed by atoms with Crippen molar-refractivity contribution in [3.63, 3.8) is 0 Å². The molecule has 0 spiro atoms. The first kappa shape index (κ1) is 13.3. The molecule has 1 saturated carbocycles. The van der Waals surface area contributed by atoms with Gasteiger partial charge in [0.15, 0.2) is 6.10 Å². The Morgan fingerprint density at radius 3 is 2.17 bits per heavy atom. The van der Waals surface area contributed by atoms with Gasteiger partial charge in [-0.3, -0.25) is 4.79 Å². The van der Waals surface area contributed by atoms with Crippen molar-refractivity contribution in [2.45, 2.75) is 62.9 Å². The predicted octanol–water partition coefficient (Wildman–Crippen LogP) is 0.0383. The summed E-state index contributed by atoms with van der Waals surface area (Å²) in [6.45, 7) is 0. The van der Waals surface area contributed by atoms with E-state index in [4.69, 9.17) is 9.84 Å². The van der Waals surface area contributed by atoms with Gasteiger partial charge in [-0.25, -0.2) is 4.79 Å². The van der Waals surface area contributed by atoms with Crippen LogP contribution in [0, 0.1) is 0 Å². The van der Waals surface area contributed by atoms with Gasteiger partial charge in [-0.05, 0) is 38.5 Å². The number of aliphatic carboxylic acids is 1. The van der Waals surface area contributed by atoms with E-state index in [0.717, 1.165) is 12.8 Å². The van der Waals surface area contributed by atoms with E-state index < -0.39 is 18.2 Å². The number of carboxylic acids is 1. The fourth-order valence-electron chi connectivity index (χ4n) is 2.53. The molecule has 1 aliphatic heterocycles. The highest BCUT2D eigenvalue weighted by atomic mass is 16.5. The van der Waals surface area contributed by atoms with Crippen molar-refractivity contribution in [3.8, 4) is 0 Å². The van der Waals surface area contributed by atoms with Gasteiger partial charge in [0.1, 0.15) is 6.10 Å². The molecule has 1 aliphatic carbocycles. The molecular weight excluding hydrogens is 238 g/mol. The third-order valence-corrected chi connectivity index (χ3v) is 3.63. The first-order valence-corrected chi connectivity index (χ1v) is 6.43. The van der Waals surface area contributed by atoms with Crippen LogP contribution in [0.5, 0.6) is 0 Å². The van der Waals surface area contributed by atoms with Crippen LogP contribution < -0.4 is 5.32 Å². The van der Waals surface area contributed by atoms with E-state index in [0.29, 0.717) is 25.7 Å². The average Bonchev–Trinajstić information content (AvgIpc) is 2.81. The number of aliphatic hydroxyl groups is 1. The van der Waals surface area contributed by atoms with Gasteiger partial charge in [0, 0.05) is 6.04 Å². The normalized spacial score (nSPS) is 36.3. The summed E-state index contributed by atoms with van der Waals surface area (Å²) in [7, 11) is 0. The van der Waals surface area contributed by atoms with Crippen molar-refractivity contribution in [2.24, 2.45) is 0 Å². The highest BCUT2D eigenvalue weighted by Gasteiger charge is 2.35. The second kappa shape index (κ2) is 5.67. The summed E-state index contributed by atoms with van der Waals surface area (Å²) in [5.41, 5.74) is 0. The molecule has 6 nitrogen and oxygen atoms in total. The minimum absolute atomic E-state index is 0.0772. The Balaban J connectivity index is 1.77. The summed E-state index contributed by atoms with van der Waals surface area (Å²) in [4.78, 5) is 22.6. The number of nitrogens with one attached hydrogen (secondary N) is 1. The molecule has 0 aromatic carbocycles. The Morgan fingerprint density at radius 2 is 1.61 bits per heavy atom. The van der Waals surface area contributed by atoms with E-state index in [1.54, 1.807) is 0 Å².